The largest absolute Gasteiger partial charge is 0.361 e. The van der Waals surface area contributed by atoms with Crippen LogP contribution < -0.4 is 4.90 Å². The van der Waals surface area contributed by atoms with E-state index in [0.717, 1.165) is 74.9 Å². The van der Waals surface area contributed by atoms with E-state index in [9.17, 15) is 9.18 Å². The maximum atomic E-state index is 13.7. The summed E-state index contributed by atoms with van der Waals surface area (Å²) in [4.78, 5) is 20.9. The van der Waals surface area contributed by atoms with Crippen LogP contribution in [0.5, 0.6) is 0 Å². The number of carbonyl (C=O) groups is 1. The van der Waals surface area contributed by atoms with Crippen LogP contribution in [-0.2, 0) is 16.6 Å². The van der Waals surface area contributed by atoms with Gasteiger partial charge in [-0.15, -0.1) is 0 Å². The molecule has 160 valence electrons. The van der Waals surface area contributed by atoms with Gasteiger partial charge in [-0.25, -0.2) is 4.39 Å². The molecule has 1 amide bonds. The molecule has 3 aromatic rings. The maximum absolute atomic E-state index is 13.7. The zero-order chi connectivity index (χ0) is 21.0. The molecule has 1 N–H and O–H groups in total. The Morgan fingerprint density at radius 3 is 2.68 bits per heavy atom. The Morgan fingerprint density at radius 2 is 1.87 bits per heavy atom. The molecule has 2 aliphatic heterocycles. The fraction of sp³-hybridized carbons (Fsp3) is 0.423. The number of aromatic amines is 1. The number of halogens is 1. The first-order valence-electron chi connectivity index (χ1n) is 11.5. The summed E-state index contributed by atoms with van der Waals surface area (Å²) in [6.45, 7) is 3.84. The number of carbonyl (C=O) groups excluding carboxylic acids is 1. The number of aromatic nitrogens is 1. The van der Waals surface area contributed by atoms with Gasteiger partial charge < -0.3 is 14.8 Å². The van der Waals surface area contributed by atoms with E-state index < -0.39 is 0 Å². The summed E-state index contributed by atoms with van der Waals surface area (Å²) in [5.41, 5.74) is 4.42. The van der Waals surface area contributed by atoms with Gasteiger partial charge in [-0.05, 0) is 86.5 Å². The fourth-order valence-corrected chi connectivity index (χ4v) is 5.71. The second-order valence-corrected chi connectivity index (χ2v) is 9.55. The highest BCUT2D eigenvalue weighted by atomic mass is 19.1. The highest BCUT2D eigenvalue weighted by molar-refractivity contribution is 6.10. The number of nitrogens with one attached hydrogen (secondary N) is 1. The third kappa shape index (κ3) is 3.18. The van der Waals surface area contributed by atoms with Crippen LogP contribution in [0.15, 0.2) is 48.7 Å². The lowest BCUT2D eigenvalue weighted by Gasteiger charge is -2.33. The molecule has 1 spiro atoms. The van der Waals surface area contributed by atoms with Crippen LogP contribution in [0.2, 0.25) is 0 Å². The number of para-hydroxylation sites is 1. The Morgan fingerprint density at radius 1 is 1.06 bits per heavy atom. The smallest absolute Gasteiger partial charge is 0.237 e. The van der Waals surface area contributed by atoms with Crippen LogP contribution in [0.3, 0.4) is 0 Å². The van der Waals surface area contributed by atoms with Gasteiger partial charge >= 0.3 is 0 Å². The maximum Gasteiger partial charge on any atom is 0.237 e. The molecule has 2 fully saturated rings. The number of fused-ring (bicyclic) bond motifs is 3. The minimum Gasteiger partial charge on any atom is -0.361 e. The number of H-pyrrole nitrogens is 1. The van der Waals surface area contributed by atoms with Crippen LogP contribution in [-0.4, -0.2) is 42.0 Å². The van der Waals surface area contributed by atoms with Gasteiger partial charge in [0.1, 0.15) is 5.82 Å². The van der Waals surface area contributed by atoms with Crippen molar-refractivity contribution < 1.29 is 9.18 Å². The number of piperidine rings is 1. The van der Waals surface area contributed by atoms with Gasteiger partial charge in [-0.3, -0.25) is 4.79 Å². The van der Waals surface area contributed by atoms with Crippen molar-refractivity contribution in [2.75, 3.05) is 31.1 Å². The van der Waals surface area contributed by atoms with Gasteiger partial charge in [-0.2, -0.15) is 0 Å². The number of likely N-dealkylation sites (tertiary alicyclic amines) is 1. The molecule has 0 radical (unpaired) electrons. The van der Waals surface area contributed by atoms with Crippen molar-refractivity contribution >= 4 is 22.5 Å². The van der Waals surface area contributed by atoms with Crippen LogP contribution in [0.1, 0.15) is 36.8 Å². The van der Waals surface area contributed by atoms with Crippen LogP contribution in [0.4, 0.5) is 10.1 Å². The summed E-state index contributed by atoms with van der Waals surface area (Å²) in [7, 11) is 0. The lowest BCUT2D eigenvalue weighted by Crippen LogP contribution is -2.42. The van der Waals surface area contributed by atoms with Crippen LogP contribution in [0.25, 0.3) is 10.9 Å². The lowest BCUT2D eigenvalue weighted by atomic mass is 9.90. The molecule has 0 bridgehead atoms. The van der Waals surface area contributed by atoms with E-state index in [0.29, 0.717) is 11.8 Å². The number of hydrogen-bond acceptors (Lipinski definition) is 2. The Balaban J connectivity index is 1.06. The third-order valence-corrected chi connectivity index (χ3v) is 7.70. The monoisotopic (exact) mass is 417 g/mol. The van der Waals surface area contributed by atoms with Crippen molar-refractivity contribution in [3.05, 3.63) is 65.6 Å². The number of hydrogen-bond donors (Lipinski definition) is 1. The van der Waals surface area contributed by atoms with E-state index in [4.69, 9.17) is 0 Å². The van der Waals surface area contributed by atoms with Crippen molar-refractivity contribution in [1.82, 2.24) is 9.88 Å². The molecule has 0 unspecified atom stereocenters. The normalized spacial score (nSPS) is 20.7. The van der Waals surface area contributed by atoms with Gasteiger partial charge in [0, 0.05) is 35.9 Å². The third-order valence-electron chi connectivity index (χ3n) is 7.70. The van der Waals surface area contributed by atoms with E-state index in [2.05, 4.69) is 28.1 Å². The van der Waals surface area contributed by atoms with Crippen molar-refractivity contribution in [3.63, 3.8) is 0 Å². The molecule has 2 aromatic carbocycles. The first kappa shape index (κ1) is 19.1. The summed E-state index contributed by atoms with van der Waals surface area (Å²) < 4.78 is 13.7. The first-order valence-corrected chi connectivity index (χ1v) is 11.5. The van der Waals surface area contributed by atoms with E-state index in [1.807, 2.05) is 23.2 Å². The van der Waals surface area contributed by atoms with Gasteiger partial charge in [-0.1, -0.05) is 18.2 Å². The molecular weight excluding hydrogens is 389 g/mol. The van der Waals surface area contributed by atoms with E-state index in [1.165, 1.54) is 17.2 Å². The van der Waals surface area contributed by atoms with Gasteiger partial charge in [0.05, 0.1) is 5.41 Å². The molecule has 1 aromatic heterocycles. The quantitative estimate of drug-likeness (QED) is 0.657. The van der Waals surface area contributed by atoms with E-state index >= 15 is 0 Å². The summed E-state index contributed by atoms with van der Waals surface area (Å²) in [6, 6.07) is 13.3. The van der Waals surface area contributed by atoms with Crippen molar-refractivity contribution in [2.45, 2.75) is 37.5 Å². The number of nitrogens with zero attached hydrogens (tertiary/aromatic N) is 2. The molecule has 1 aliphatic carbocycles. The zero-order valence-electron chi connectivity index (χ0n) is 17.7. The highest BCUT2D eigenvalue weighted by Gasteiger charge is 2.58. The Hall–Kier alpha value is -2.66. The molecule has 31 heavy (non-hydrogen) atoms. The van der Waals surface area contributed by atoms with Gasteiger partial charge in [0.15, 0.2) is 0 Å². The Bertz CT molecular complexity index is 1140. The molecule has 6 rings (SSSR count). The molecule has 3 heterocycles. The minimum absolute atomic E-state index is 0.172. The van der Waals surface area contributed by atoms with Gasteiger partial charge in [0.2, 0.25) is 5.91 Å². The van der Waals surface area contributed by atoms with Crippen molar-refractivity contribution in [3.8, 4) is 0 Å². The Labute approximate surface area is 182 Å². The van der Waals surface area contributed by atoms with E-state index in [1.54, 1.807) is 6.07 Å². The number of anilines is 1. The van der Waals surface area contributed by atoms with Crippen molar-refractivity contribution in [1.29, 1.82) is 0 Å². The first-order chi connectivity index (χ1) is 15.1. The topological polar surface area (TPSA) is 39.3 Å². The molecule has 4 nitrogen and oxygen atoms in total. The van der Waals surface area contributed by atoms with Gasteiger partial charge in [0.25, 0.3) is 0 Å². The predicted octanol–water partition coefficient (Wildman–Crippen LogP) is 4.64. The molecular formula is C26H28FN3O. The number of amides is 1. The summed E-state index contributed by atoms with van der Waals surface area (Å²) in [5.74, 6) is 0.770. The average Bonchev–Trinajstić information content (AvgIpc) is 3.46. The number of benzene rings is 2. The molecule has 5 heteroatoms. The highest BCUT2D eigenvalue weighted by Crippen LogP contribution is 2.57. The minimum atomic E-state index is -0.192. The summed E-state index contributed by atoms with van der Waals surface area (Å²) in [5, 5.41) is 1.02. The molecule has 1 saturated carbocycles. The SMILES string of the molecule is O=C1N(CCN2CCC(Cc3c[nH]c4ccc(F)cc34)CC2)c2ccccc2C12CC2. The standard InChI is InChI=1S/C26H28FN3O/c27-20-5-6-23-21(16-20)19(17-28-23)15-18-7-11-29(12-8-18)13-14-30-24-4-2-1-3-22(24)26(9-10-26)25(30)31/h1-6,16-18,28H,7-15H2. The van der Waals surface area contributed by atoms with Crippen LogP contribution in [0, 0.1) is 11.7 Å². The second kappa shape index (κ2) is 7.20. The summed E-state index contributed by atoms with van der Waals surface area (Å²) >= 11 is 0. The lowest BCUT2D eigenvalue weighted by molar-refractivity contribution is -0.120. The fourth-order valence-electron chi connectivity index (χ4n) is 5.71. The molecule has 0 atom stereocenters. The van der Waals surface area contributed by atoms with Crippen LogP contribution >= 0.6 is 0 Å². The molecule has 3 aliphatic rings. The molecule has 1 saturated heterocycles. The number of rotatable bonds is 5. The van der Waals surface area contributed by atoms with Crippen molar-refractivity contribution in [2.24, 2.45) is 5.92 Å². The summed E-state index contributed by atoms with van der Waals surface area (Å²) in [6.07, 6.45) is 7.34. The second-order valence-electron chi connectivity index (χ2n) is 9.55. The average molecular weight is 418 g/mol. The predicted molar refractivity (Wildman–Crippen MR) is 121 cm³/mol. The van der Waals surface area contributed by atoms with E-state index in [-0.39, 0.29) is 11.2 Å². The zero-order valence-corrected chi connectivity index (χ0v) is 17.7. The Kier molecular flexibility index (Phi) is 4.42.